The van der Waals surface area contributed by atoms with E-state index in [0.29, 0.717) is 11.6 Å². The van der Waals surface area contributed by atoms with E-state index in [0.717, 1.165) is 5.69 Å². The zero-order valence-corrected chi connectivity index (χ0v) is 10.6. The molecule has 3 N–H and O–H groups in total. The summed E-state index contributed by atoms with van der Waals surface area (Å²) >= 11 is 0. The van der Waals surface area contributed by atoms with E-state index in [1.54, 1.807) is 6.07 Å². The molecule has 0 aliphatic carbocycles. The standard InChI is InChI=1S/C14H17N3O/c1-10(2)11-5-7-12(8-6-11)17-9-3-4-13(17)14(18)16-15/h3-10H,15H2,1-2H3,(H,16,18). The second-order valence-electron chi connectivity index (χ2n) is 4.48. The first-order valence-corrected chi connectivity index (χ1v) is 5.92. The zero-order chi connectivity index (χ0) is 13.1. The van der Waals surface area contributed by atoms with E-state index in [1.165, 1.54) is 5.56 Å². The van der Waals surface area contributed by atoms with Gasteiger partial charge >= 0.3 is 0 Å². The number of amides is 1. The average Bonchev–Trinajstić information content (AvgIpc) is 2.87. The molecule has 2 aromatic rings. The molecule has 18 heavy (non-hydrogen) atoms. The van der Waals surface area contributed by atoms with Crippen LogP contribution in [0.1, 0.15) is 35.8 Å². The van der Waals surface area contributed by atoms with Crippen molar-refractivity contribution >= 4 is 5.91 Å². The van der Waals surface area contributed by atoms with E-state index < -0.39 is 0 Å². The number of hydrogen-bond acceptors (Lipinski definition) is 2. The summed E-state index contributed by atoms with van der Waals surface area (Å²) in [4.78, 5) is 11.6. The van der Waals surface area contributed by atoms with E-state index in [-0.39, 0.29) is 5.91 Å². The molecular weight excluding hydrogens is 226 g/mol. The van der Waals surface area contributed by atoms with Crippen LogP contribution in [-0.4, -0.2) is 10.5 Å². The van der Waals surface area contributed by atoms with Crippen LogP contribution in [0.3, 0.4) is 0 Å². The van der Waals surface area contributed by atoms with Gasteiger partial charge in [-0.1, -0.05) is 26.0 Å². The molecule has 0 spiro atoms. The van der Waals surface area contributed by atoms with Gasteiger partial charge in [-0.15, -0.1) is 0 Å². The Morgan fingerprint density at radius 2 is 1.89 bits per heavy atom. The number of hydrogen-bond donors (Lipinski definition) is 2. The van der Waals surface area contributed by atoms with Crippen molar-refractivity contribution in [2.75, 3.05) is 0 Å². The normalized spacial score (nSPS) is 10.7. The second-order valence-corrected chi connectivity index (χ2v) is 4.48. The molecule has 1 aromatic heterocycles. The van der Waals surface area contributed by atoms with Crippen LogP contribution in [0.4, 0.5) is 0 Å². The maximum atomic E-state index is 11.6. The summed E-state index contributed by atoms with van der Waals surface area (Å²) < 4.78 is 1.81. The minimum atomic E-state index is -0.298. The monoisotopic (exact) mass is 243 g/mol. The molecule has 94 valence electrons. The Labute approximate surface area is 106 Å². The fraction of sp³-hybridized carbons (Fsp3) is 0.214. The first-order chi connectivity index (χ1) is 8.63. The number of carbonyl (C=O) groups excluding carboxylic acids is 1. The summed E-state index contributed by atoms with van der Waals surface area (Å²) in [5.41, 5.74) is 4.89. The number of carbonyl (C=O) groups is 1. The van der Waals surface area contributed by atoms with Crippen LogP contribution in [0.2, 0.25) is 0 Å². The fourth-order valence-corrected chi connectivity index (χ4v) is 1.88. The lowest BCUT2D eigenvalue weighted by Gasteiger charge is -2.10. The maximum absolute atomic E-state index is 11.6. The summed E-state index contributed by atoms with van der Waals surface area (Å²) in [6.07, 6.45) is 1.84. The number of nitrogens with zero attached hydrogens (tertiary/aromatic N) is 1. The van der Waals surface area contributed by atoms with Gasteiger partial charge in [-0.3, -0.25) is 10.2 Å². The number of nitrogen functional groups attached to an aromatic ring is 1. The maximum Gasteiger partial charge on any atom is 0.282 e. The first kappa shape index (κ1) is 12.4. The number of nitrogens with one attached hydrogen (secondary N) is 1. The van der Waals surface area contributed by atoms with Crippen molar-refractivity contribution in [2.24, 2.45) is 5.84 Å². The lowest BCUT2D eigenvalue weighted by atomic mass is 10.0. The van der Waals surface area contributed by atoms with Gasteiger partial charge in [0.05, 0.1) is 0 Å². The van der Waals surface area contributed by atoms with Crippen LogP contribution < -0.4 is 11.3 Å². The third kappa shape index (κ3) is 2.28. The molecule has 0 saturated heterocycles. The number of hydrazine groups is 1. The van der Waals surface area contributed by atoms with Gasteiger partial charge in [-0.2, -0.15) is 0 Å². The van der Waals surface area contributed by atoms with E-state index in [4.69, 9.17) is 5.84 Å². The Balaban J connectivity index is 2.37. The van der Waals surface area contributed by atoms with E-state index in [2.05, 4.69) is 31.4 Å². The fourth-order valence-electron chi connectivity index (χ4n) is 1.88. The van der Waals surface area contributed by atoms with Crippen LogP contribution in [0, 0.1) is 0 Å². The van der Waals surface area contributed by atoms with Crippen molar-refractivity contribution in [3.05, 3.63) is 53.9 Å². The number of benzene rings is 1. The number of nitrogens with two attached hydrogens (primary N) is 1. The van der Waals surface area contributed by atoms with Gasteiger partial charge in [-0.05, 0) is 35.7 Å². The summed E-state index contributed by atoms with van der Waals surface area (Å²) in [6, 6.07) is 11.7. The molecule has 1 aromatic carbocycles. The van der Waals surface area contributed by atoms with Crippen molar-refractivity contribution in [2.45, 2.75) is 19.8 Å². The summed E-state index contributed by atoms with van der Waals surface area (Å²) in [7, 11) is 0. The minimum Gasteiger partial charge on any atom is -0.312 e. The van der Waals surface area contributed by atoms with Crippen molar-refractivity contribution in [1.82, 2.24) is 9.99 Å². The van der Waals surface area contributed by atoms with Crippen molar-refractivity contribution in [1.29, 1.82) is 0 Å². The first-order valence-electron chi connectivity index (χ1n) is 5.92. The highest BCUT2D eigenvalue weighted by Crippen LogP contribution is 2.18. The lowest BCUT2D eigenvalue weighted by molar-refractivity contribution is 0.0947. The van der Waals surface area contributed by atoms with Gasteiger partial charge < -0.3 is 4.57 Å². The molecule has 4 heteroatoms. The molecule has 0 radical (unpaired) electrons. The molecule has 0 atom stereocenters. The molecule has 4 nitrogen and oxygen atoms in total. The topological polar surface area (TPSA) is 60.0 Å². The zero-order valence-electron chi connectivity index (χ0n) is 10.6. The van der Waals surface area contributed by atoms with Gasteiger partial charge in [-0.25, -0.2) is 5.84 Å². The van der Waals surface area contributed by atoms with Crippen LogP contribution >= 0.6 is 0 Å². The Kier molecular flexibility index (Phi) is 3.48. The van der Waals surface area contributed by atoms with E-state index in [1.807, 2.05) is 29.0 Å². The van der Waals surface area contributed by atoms with Crippen molar-refractivity contribution < 1.29 is 4.79 Å². The Hall–Kier alpha value is -2.07. The van der Waals surface area contributed by atoms with Crippen LogP contribution in [0.5, 0.6) is 0 Å². The molecule has 0 fully saturated rings. The highest BCUT2D eigenvalue weighted by Gasteiger charge is 2.10. The van der Waals surface area contributed by atoms with Gasteiger partial charge in [0.25, 0.3) is 5.91 Å². The number of aromatic nitrogens is 1. The average molecular weight is 243 g/mol. The molecule has 1 amide bonds. The third-order valence-electron chi connectivity index (χ3n) is 2.95. The van der Waals surface area contributed by atoms with Gasteiger partial charge in [0, 0.05) is 11.9 Å². The third-order valence-corrected chi connectivity index (χ3v) is 2.95. The molecule has 0 saturated carbocycles. The smallest absolute Gasteiger partial charge is 0.282 e. The highest BCUT2D eigenvalue weighted by atomic mass is 16.2. The molecular formula is C14H17N3O. The summed E-state index contributed by atoms with van der Waals surface area (Å²) in [6.45, 7) is 4.30. The Bertz CT molecular complexity index is 540. The highest BCUT2D eigenvalue weighted by molar-refractivity contribution is 5.92. The van der Waals surface area contributed by atoms with E-state index in [9.17, 15) is 4.79 Å². The molecule has 1 heterocycles. The lowest BCUT2D eigenvalue weighted by Crippen LogP contribution is -2.31. The molecule has 0 aliphatic heterocycles. The van der Waals surface area contributed by atoms with Crippen LogP contribution in [-0.2, 0) is 0 Å². The van der Waals surface area contributed by atoms with Gasteiger partial charge in [0.2, 0.25) is 0 Å². The van der Waals surface area contributed by atoms with Crippen LogP contribution in [0.15, 0.2) is 42.6 Å². The minimum absolute atomic E-state index is 0.298. The van der Waals surface area contributed by atoms with Crippen molar-refractivity contribution in [3.63, 3.8) is 0 Å². The largest absolute Gasteiger partial charge is 0.312 e. The van der Waals surface area contributed by atoms with Gasteiger partial charge in [0.15, 0.2) is 0 Å². The van der Waals surface area contributed by atoms with Crippen LogP contribution in [0.25, 0.3) is 5.69 Å². The van der Waals surface area contributed by atoms with Gasteiger partial charge in [0.1, 0.15) is 5.69 Å². The Morgan fingerprint density at radius 1 is 1.22 bits per heavy atom. The SMILES string of the molecule is CC(C)c1ccc(-n2cccc2C(=O)NN)cc1. The predicted octanol–water partition coefficient (Wildman–Crippen LogP) is 2.20. The van der Waals surface area contributed by atoms with Crippen molar-refractivity contribution in [3.8, 4) is 5.69 Å². The quantitative estimate of drug-likeness (QED) is 0.493. The number of rotatable bonds is 3. The second kappa shape index (κ2) is 5.06. The van der Waals surface area contributed by atoms with E-state index >= 15 is 0 Å². The predicted molar refractivity (Wildman–Crippen MR) is 71.5 cm³/mol. The Morgan fingerprint density at radius 3 is 2.44 bits per heavy atom. The summed E-state index contributed by atoms with van der Waals surface area (Å²) in [5.74, 6) is 5.36. The molecule has 0 aliphatic rings. The molecule has 0 unspecified atom stereocenters. The molecule has 2 rings (SSSR count). The molecule has 0 bridgehead atoms. The summed E-state index contributed by atoms with van der Waals surface area (Å²) in [5, 5.41) is 0.